The number of pyridine rings is 3. The van der Waals surface area contributed by atoms with Crippen LogP contribution in [0.3, 0.4) is 0 Å². The molecule has 0 amide bonds. The standard InChI is InChI=1S/C21H15N5O/c27-19(14-15-6-1-3-10-22-15)16-8-5-9-18(26-16)21-20(24-12-13-25-21)17-7-2-4-11-23-17/h1-13H,14H2. The van der Waals surface area contributed by atoms with Crippen LogP contribution in [-0.2, 0) is 6.42 Å². The van der Waals surface area contributed by atoms with Crippen molar-refractivity contribution >= 4 is 5.78 Å². The van der Waals surface area contributed by atoms with Gasteiger partial charge in [0.15, 0.2) is 5.78 Å². The summed E-state index contributed by atoms with van der Waals surface area (Å²) in [6, 6.07) is 16.4. The Morgan fingerprint density at radius 2 is 1.37 bits per heavy atom. The van der Waals surface area contributed by atoms with Gasteiger partial charge >= 0.3 is 0 Å². The van der Waals surface area contributed by atoms with Crippen molar-refractivity contribution in [3.05, 3.63) is 90.8 Å². The summed E-state index contributed by atoms with van der Waals surface area (Å²) in [6.45, 7) is 0. The van der Waals surface area contributed by atoms with E-state index in [1.807, 2.05) is 42.5 Å². The van der Waals surface area contributed by atoms with E-state index in [4.69, 9.17) is 0 Å². The maximum Gasteiger partial charge on any atom is 0.187 e. The van der Waals surface area contributed by atoms with Crippen LogP contribution >= 0.6 is 0 Å². The minimum Gasteiger partial charge on any atom is -0.292 e. The van der Waals surface area contributed by atoms with E-state index in [1.165, 1.54) is 0 Å². The zero-order valence-corrected chi connectivity index (χ0v) is 14.4. The molecule has 0 aliphatic heterocycles. The summed E-state index contributed by atoms with van der Waals surface area (Å²) in [5.41, 5.74) is 3.58. The second-order valence-corrected chi connectivity index (χ2v) is 5.80. The molecule has 0 atom stereocenters. The molecule has 0 saturated carbocycles. The molecule has 6 nitrogen and oxygen atoms in total. The first kappa shape index (κ1) is 16.7. The van der Waals surface area contributed by atoms with Crippen LogP contribution in [0.25, 0.3) is 22.8 Å². The predicted octanol–water partition coefficient (Wildman–Crippen LogP) is 3.42. The van der Waals surface area contributed by atoms with E-state index in [0.717, 1.165) is 0 Å². The molecule has 0 N–H and O–H groups in total. The largest absolute Gasteiger partial charge is 0.292 e. The molecule has 6 heteroatoms. The molecule has 0 aliphatic carbocycles. The summed E-state index contributed by atoms with van der Waals surface area (Å²) in [4.78, 5) is 34.5. The molecule has 0 aromatic carbocycles. The highest BCUT2D eigenvalue weighted by Crippen LogP contribution is 2.25. The van der Waals surface area contributed by atoms with Crippen molar-refractivity contribution in [3.63, 3.8) is 0 Å². The van der Waals surface area contributed by atoms with Gasteiger partial charge in [-0.3, -0.25) is 24.7 Å². The molecule has 130 valence electrons. The Labute approximate surface area is 156 Å². The van der Waals surface area contributed by atoms with Gasteiger partial charge in [-0.05, 0) is 36.4 Å². The Kier molecular flexibility index (Phi) is 4.70. The Morgan fingerprint density at radius 1 is 0.667 bits per heavy atom. The smallest absolute Gasteiger partial charge is 0.187 e. The van der Waals surface area contributed by atoms with Gasteiger partial charge in [-0.25, -0.2) is 4.98 Å². The number of hydrogen-bond acceptors (Lipinski definition) is 6. The molecule has 4 heterocycles. The molecule has 0 aliphatic rings. The van der Waals surface area contributed by atoms with Gasteiger partial charge in [0, 0.05) is 30.5 Å². The van der Waals surface area contributed by atoms with E-state index in [0.29, 0.717) is 34.2 Å². The number of Topliss-reactive ketones (excluding diaryl/α,β-unsaturated/α-hetero) is 1. The molecule has 27 heavy (non-hydrogen) atoms. The third-order valence-corrected chi connectivity index (χ3v) is 3.95. The third-order valence-electron chi connectivity index (χ3n) is 3.95. The Bertz CT molecular complexity index is 1070. The average molecular weight is 353 g/mol. The Morgan fingerprint density at radius 3 is 2.07 bits per heavy atom. The van der Waals surface area contributed by atoms with Crippen molar-refractivity contribution in [1.82, 2.24) is 24.9 Å². The molecule has 0 saturated heterocycles. The second-order valence-electron chi connectivity index (χ2n) is 5.80. The van der Waals surface area contributed by atoms with Gasteiger partial charge in [-0.1, -0.05) is 18.2 Å². The van der Waals surface area contributed by atoms with Gasteiger partial charge in [-0.2, -0.15) is 0 Å². The molecule has 0 unspecified atom stereocenters. The van der Waals surface area contributed by atoms with Crippen LogP contribution in [0, 0.1) is 0 Å². The lowest BCUT2D eigenvalue weighted by molar-refractivity contribution is 0.0987. The minimum absolute atomic E-state index is 0.0983. The topological polar surface area (TPSA) is 81.5 Å². The molecule has 0 bridgehead atoms. The maximum atomic E-state index is 12.6. The van der Waals surface area contributed by atoms with Gasteiger partial charge in [0.2, 0.25) is 0 Å². The maximum absolute atomic E-state index is 12.6. The summed E-state index contributed by atoms with van der Waals surface area (Å²) < 4.78 is 0. The van der Waals surface area contributed by atoms with E-state index < -0.39 is 0 Å². The first-order valence-electron chi connectivity index (χ1n) is 8.44. The minimum atomic E-state index is -0.0983. The first-order chi connectivity index (χ1) is 13.3. The second kappa shape index (κ2) is 7.61. The summed E-state index contributed by atoms with van der Waals surface area (Å²) in [7, 11) is 0. The molecule has 4 aromatic rings. The Hall–Kier alpha value is -3.80. The van der Waals surface area contributed by atoms with Gasteiger partial charge in [0.1, 0.15) is 17.1 Å². The highest BCUT2D eigenvalue weighted by Gasteiger charge is 2.15. The number of rotatable bonds is 5. The Balaban J connectivity index is 1.69. The molecule has 4 aromatic heterocycles. The van der Waals surface area contributed by atoms with Gasteiger partial charge < -0.3 is 0 Å². The van der Waals surface area contributed by atoms with Crippen molar-refractivity contribution in [2.45, 2.75) is 6.42 Å². The highest BCUT2D eigenvalue weighted by atomic mass is 16.1. The van der Waals surface area contributed by atoms with Crippen molar-refractivity contribution < 1.29 is 4.79 Å². The fraction of sp³-hybridized carbons (Fsp3) is 0.0476. The number of carbonyl (C=O) groups is 1. The number of nitrogens with zero attached hydrogens (tertiary/aromatic N) is 5. The summed E-state index contributed by atoms with van der Waals surface area (Å²) in [5.74, 6) is -0.0983. The number of hydrogen-bond donors (Lipinski definition) is 0. The fourth-order valence-electron chi connectivity index (χ4n) is 2.70. The lowest BCUT2D eigenvalue weighted by atomic mass is 10.1. The lowest BCUT2D eigenvalue weighted by Crippen LogP contribution is -2.08. The van der Waals surface area contributed by atoms with Gasteiger partial charge in [0.25, 0.3) is 0 Å². The van der Waals surface area contributed by atoms with Crippen LogP contribution in [0.15, 0.2) is 79.4 Å². The number of ketones is 1. The van der Waals surface area contributed by atoms with E-state index in [-0.39, 0.29) is 12.2 Å². The SMILES string of the molecule is O=C(Cc1ccccn1)c1cccc(-c2nccnc2-c2ccccn2)n1. The number of aromatic nitrogens is 5. The molecular weight excluding hydrogens is 338 g/mol. The van der Waals surface area contributed by atoms with E-state index in [2.05, 4.69) is 24.9 Å². The lowest BCUT2D eigenvalue weighted by Gasteiger charge is -2.08. The molecule has 0 fully saturated rings. The normalized spacial score (nSPS) is 10.5. The zero-order valence-electron chi connectivity index (χ0n) is 14.4. The quantitative estimate of drug-likeness (QED) is 0.511. The predicted molar refractivity (Wildman–Crippen MR) is 101 cm³/mol. The van der Waals surface area contributed by atoms with Gasteiger partial charge in [-0.15, -0.1) is 0 Å². The van der Waals surface area contributed by atoms with Crippen molar-refractivity contribution in [2.75, 3.05) is 0 Å². The van der Waals surface area contributed by atoms with Crippen LogP contribution in [-0.4, -0.2) is 30.7 Å². The van der Waals surface area contributed by atoms with Crippen molar-refractivity contribution in [2.24, 2.45) is 0 Å². The highest BCUT2D eigenvalue weighted by molar-refractivity contribution is 5.96. The monoisotopic (exact) mass is 353 g/mol. The summed E-state index contributed by atoms with van der Waals surface area (Å²) in [6.07, 6.45) is 6.79. The summed E-state index contributed by atoms with van der Waals surface area (Å²) >= 11 is 0. The summed E-state index contributed by atoms with van der Waals surface area (Å²) in [5, 5.41) is 0. The van der Waals surface area contributed by atoms with Crippen LogP contribution < -0.4 is 0 Å². The third kappa shape index (κ3) is 3.74. The number of carbonyl (C=O) groups excluding carboxylic acids is 1. The molecule has 0 radical (unpaired) electrons. The first-order valence-corrected chi connectivity index (χ1v) is 8.44. The van der Waals surface area contributed by atoms with Crippen LogP contribution in [0.1, 0.15) is 16.2 Å². The zero-order chi connectivity index (χ0) is 18.5. The van der Waals surface area contributed by atoms with Gasteiger partial charge in [0.05, 0.1) is 17.8 Å². The molecule has 4 rings (SSSR count). The van der Waals surface area contributed by atoms with E-state index in [9.17, 15) is 4.79 Å². The molecule has 0 spiro atoms. The molecular formula is C21H15N5O. The van der Waals surface area contributed by atoms with E-state index in [1.54, 1.807) is 36.9 Å². The van der Waals surface area contributed by atoms with Crippen molar-refractivity contribution in [3.8, 4) is 22.8 Å². The fourth-order valence-corrected chi connectivity index (χ4v) is 2.70. The van der Waals surface area contributed by atoms with Crippen LogP contribution in [0.5, 0.6) is 0 Å². The van der Waals surface area contributed by atoms with Crippen LogP contribution in [0.4, 0.5) is 0 Å². The average Bonchev–Trinajstić information content (AvgIpc) is 2.75. The van der Waals surface area contributed by atoms with Crippen molar-refractivity contribution in [1.29, 1.82) is 0 Å². The van der Waals surface area contributed by atoms with Crippen LogP contribution in [0.2, 0.25) is 0 Å². The van der Waals surface area contributed by atoms with E-state index >= 15 is 0 Å².